The SMILES string of the molecule is CCOC(=O)/C(C#N)=C1/c2ccccc2S(=O)(=O)N1Cc1ccc(Cl)c(Cl)c1. The molecule has 2 aromatic rings. The highest BCUT2D eigenvalue weighted by Gasteiger charge is 2.41. The van der Waals surface area contributed by atoms with Crippen molar-refractivity contribution in [2.75, 3.05) is 6.61 Å². The molecule has 0 saturated heterocycles. The second kappa shape index (κ2) is 7.84. The summed E-state index contributed by atoms with van der Waals surface area (Å²) in [6.07, 6.45) is 0. The molecule has 0 aromatic heterocycles. The number of hydrogen-bond acceptors (Lipinski definition) is 5. The molecule has 0 amide bonds. The first-order valence-corrected chi connectivity index (χ1v) is 10.4. The molecule has 2 aromatic carbocycles. The maximum Gasteiger partial charge on any atom is 0.351 e. The molecular weight excluding hydrogens is 423 g/mol. The highest BCUT2D eigenvalue weighted by molar-refractivity contribution is 7.90. The van der Waals surface area contributed by atoms with Crippen LogP contribution in [0.2, 0.25) is 10.0 Å². The number of esters is 1. The Morgan fingerprint density at radius 2 is 1.89 bits per heavy atom. The summed E-state index contributed by atoms with van der Waals surface area (Å²) in [4.78, 5) is 12.3. The van der Waals surface area contributed by atoms with Gasteiger partial charge in [0.1, 0.15) is 6.07 Å². The van der Waals surface area contributed by atoms with Crippen LogP contribution in [0.15, 0.2) is 52.9 Å². The fourth-order valence-corrected chi connectivity index (χ4v) is 4.89. The number of sulfonamides is 1. The van der Waals surface area contributed by atoms with Gasteiger partial charge < -0.3 is 4.74 Å². The second-order valence-corrected chi connectivity index (χ2v) is 8.46. The standard InChI is InChI=1S/C19H14Cl2N2O4S/c1-2-27-19(24)14(10-22)18-13-5-3-4-6-17(13)28(25,26)23(18)11-12-7-8-15(20)16(21)9-12/h3-9H,2,11H2,1H3/b18-14-. The number of nitrogens with zero attached hydrogens (tertiary/aromatic N) is 2. The van der Waals surface area contributed by atoms with Crippen molar-refractivity contribution < 1.29 is 17.9 Å². The number of ether oxygens (including phenoxy) is 1. The lowest BCUT2D eigenvalue weighted by atomic mass is 10.1. The second-order valence-electron chi connectivity index (χ2n) is 5.81. The van der Waals surface area contributed by atoms with Gasteiger partial charge in [0.05, 0.1) is 33.8 Å². The van der Waals surface area contributed by atoms with Gasteiger partial charge in [0.2, 0.25) is 0 Å². The summed E-state index contributed by atoms with van der Waals surface area (Å²) in [5.74, 6) is -0.883. The molecule has 1 aliphatic rings. The minimum Gasteiger partial charge on any atom is -0.462 e. The lowest BCUT2D eigenvalue weighted by Crippen LogP contribution is -2.25. The van der Waals surface area contributed by atoms with Gasteiger partial charge in [0.25, 0.3) is 10.0 Å². The Morgan fingerprint density at radius 3 is 2.54 bits per heavy atom. The van der Waals surface area contributed by atoms with Crippen LogP contribution in [0, 0.1) is 11.3 Å². The Bertz CT molecular complexity index is 1140. The van der Waals surface area contributed by atoms with E-state index >= 15 is 0 Å². The van der Waals surface area contributed by atoms with E-state index in [0.29, 0.717) is 10.6 Å². The zero-order chi connectivity index (χ0) is 20.5. The minimum atomic E-state index is -3.98. The highest BCUT2D eigenvalue weighted by Crippen LogP contribution is 2.42. The fraction of sp³-hybridized carbons (Fsp3) is 0.158. The Morgan fingerprint density at radius 1 is 1.18 bits per heavy atom. The summed E-state index contributed by atoms with van der Waals surface area (Å²) in [5, 5.41) is 10.2. The van der Waals surface area contributed by atoms with Crippen LogP contribution >= 0.6 is 23.2 Å². The summed E-state index contributed by atoms with van der Waals surface area (Å²) in [5.41, 5.74) is 0.426. The van der Waals surface area contributed by atoms with Crippen molar-refractivity contribution in [3.05, 3.63) is 69.2 Å². The first kappa shape index (κ1) is 20.2. The van der Waals surface area contributed by atoms with E-state index in [1.54, 1.807) is 43.3 Å². The number of halogens is 2. The number of nitriles is 1. The van der Waals surface area contributed by atoms with Crippen molar-refractivity contribution in [3.8, 4) is 6.07 Å². The average Bonchev–Trinajstić information content (AvgIpc) is 2.87. The molecule has 0 atom stereocenters. The molecule has 6 nitrogen and oxygen atoms in total. The topological polar surface area (TPSA) is 87.5 Å². The Kier molecular flexibility index (Phi) is 5.66. The number of carbonyl (C=O) groups excluding carboxylic acids is 1. The van der Waals surface area contributed by atoms with Crippen molar-refractivity contribution in [2.24, 2.45) is 0 Å². The number of rotatable bonds is 4. The van der Waals surface area contributed by atoms with Crippen LogP contribution in [0.25, 0.3) is 5.70 Å². The lowest BCUT2D eigenvalue weighted by molar-refractivity contribution is -0.137. The van der Waals surface area contributed by atoms with Gasteiger partial charge in [-0.1, -0.05) is 47.5 Å². The van der Waals surface area contributed by atoms with Crippen LogP contribution in [0.3, 0.4) is 0 Å². The third kappa shape index (κ3) is 3.47. The van der Waals surface area contributed by atoms with Crippen molar-refractivity contribution in [1.82, 2.24) is 4.31 Å². The first-order chi connectivity index (χ1) is 13.3. The van der Waals surface area contributed by atoms with Crippen molar-refractivity contribution in [3.63, 3.8) is 0 Å². The highest BCUT2D eigenvalue weighted by atomic mass is 35.5. The largest absolute Gasteiger partial charge is 0.462 e. The summed E-state index contributed by atoms with van der Waals surface area (Å²) in [6.45, 7) is 1.52. The van der Waals surface area contributed by atoms with Crippen molar-refractivity contribution >= 4 is 44.9 Å². The van der Waals surface area contributed by atoms with E-state index < -0.39 is 16.0 Å². The maximum atomic E-state index is 13.1. The molecule has 1 heterocycles. The third-order valence-electron chi connectivity index (χ3n) is 4.10. The molecule has 0 N–H and O–H groups in total. The van der Waals surface area contributed by atoms with E-state index in [0.717, 1.165) is 4.31 Å². The monoisotopic (exact) mass is 436 g/mol. The van der Waals surface area contributed by atoms with Gasteiger partial charge in [-0.25, -0.2) is 13.2 Å². The van der Waals surface area contributed by atoms with Crippen LogP contribution in [0.4, 0.5) is 0 Å². The lowest BCUT2D eigenvalue weighted by Gasteiger charge is -2.20. The average molecular weight is 437 g/mol. The van der Waals surface area contributed by atoms with E-state index in [1.165, 1.54) is 12.1 Å². The van der Waals surface area contributed by atoms with Crippen molar-refractivity contribution in [2.45, 2.75) is 18.4 Å². The Balaban J connectivity index is 2.22. The molecule has 28 heavy (non-hydrogen) atoms. The third-order valence-corrected chi connectivity index (χ3v) is 6.64. The van der Waals surface area contributed by atoms with Crippen LogP contribution in [-0.4, -0.2) is 25.3 Å². The molecule has 0 radical (unpaired) electrons. The van der Waals surface area contributed by atoms with Gasteiger partial charge in [0.15, 0.2) is 5.57 Å². The van der Waals surface area contributed by atoms with E-state index in [9.17, 15) is 18.5 Å². The molecule has 0 fully saturated rings. The normalized spacial score (nSPS) is 16.3. The van der Waals surface area contributed by atoms with Gasteiger partial charge in [-0.15, -0.1) is 0 Å². The van der Waals surface area contributed by atoms with Gasteiger partial charge in [-0.05, 0) is 30.7 Å². The predicted octanol–water partition coefficient (Wildman–Crippen LogP) is 4.00. The number of fused-ring (bicyclic) bond motifs is 1. The Labute approximate surface area is 172 Å². The molecule has 3 rings (SSSR count). The number of carbonyl (C=O) groups is 1. The molecule has 0 spiro atoms. The Hall–Kier alpha value is -2.53. The zero-order valence-electron chi connectivity index (χ0n) is 14.6. The van der Waals surface area contributed by atoms with E-state index in [4.69, 9.17) is 27.9 Å². The van der Waals surface area contributed by atoms with Crippen LogP contribution in [0.5, 0.6) is 0 Å². The van der Waals surface area contributed by atoms with Crippen LogP contribution in [0.1, 0.15) is 18.1 Å². The zero-order valence-corrected chi connectivity index (χ0v) is 17.0. The molecule has 0 aliphatic carbocycles. The summed E-state index contributed by atoms with van der Waals surface area (Å²) in [6, 6.07) is 12.7. The van der Waals surface area contributed by atoms with Crippen LogP contribution < -0.4 is 0 Å². The van der Waals surface area contributed by atoms with Gasteiger partial charge in [-0.2, -0.15) is 5.26 Å². The minimum absolute atomic E-state index is 0.0115. The molecular formula is C19H14Cl2N2O4S. The summed E-state index contributed by atoms with van der Waals surface area (Å²) < 4.78 is 32.2. The van der Waals surface area contributed by atoms with Gasteiger partial charge >= 0.3 is 5.97 Å². The van der Waals surface area contributed by atoms with E-state index in [1.807, 2.05) is 0 Å². The first-order valence-electron chi connectivity index (χ1n) is 8.18. The number of benzene rings is 2. The quantitative estimate of drug-likeness (QED) is 0.410. The molecule has 0 unspecified atom stereocenters. The number of hydrogen-bond donors (Lipinski definition) is 0. The van der Waals surface area contributed by atoms with Gasteiger partial charge in [-0.3, -0.25) is 4.31 Å². The molecule has 0 saturated carbocycles. The van der Waals surface area contributed by atoms with Crippen LogP contribution in [-0.2, 0) is 26.1 Å². The molecule has 1 aliphatic heterocycles. The smallest absolute Gasteiger partial charge is 0.351 e. The summed E-state index contributed by atoms with van der Waals surface area (Å²) >= 11 is 12.0. The van der Waals surface area contributed by atoms with Gasteiger partial charge in [0, 0.05) is 5.56 Å². The van der Waals surface area contributed by atoms with E-state index in [2.05, 4.69) is 0 Å². The maximum absolute atomic E-state index is 13.1. The fourth-order valence-electron chi connectivity index (χ4n) is 2.89. The molecule has 144 valence electrons. The predicted molar refractivity (Wildman–Crippen MR) is 105 cm³/mol. The van der Waals surface area contributed by atoms with E-state index in [-0.39, 0.29) is 39.9 Å². The molecule has 0 bridgehead atoms. The summed E-state index contributed by atoms with van der Waals surface area (Å²) in [7, 11) is -3.98. The molecule has 9 heteroatoms. The van der Waals surface area contributed by atoms with Crippen molar-refractivity contribution in [1.29, 1.82) is 5.26 Å².